The van der Waals surface area contributed by atoms with Gasteiger partial charge >= 0.3 is 0 Å². The molecule has 1 heterocycles. The number of likely N-dealkylation sites (N-methyl/N-ethyl adjacent to an activating group) is 1. The predicted molar refractivity (Wildman–Crippen MR) is 78.5 cm³/mol. The highest BCUT2D eigenvalue weighted by Crippen LogP contribution is 2.27. The zero-order valence-corrected chi connectivity index (χ0v) is 12.8. The van der Waals surface area contributed by atoms with E-state index in [1.54, 1.807) is 28.6 Å². The molecule has 112 valence electrons. The van der Waals surface area contributed by atoms with Gasteiger partial charge < -0.3 is 10.1 Å². The van der Waals surface area contributed by atoms with Gasteiger partial charge in [0, 0.05) is 25.2 Å². The molecule has 0 amide bonds. The fraction of sp³-hybridized carbons (Fsp3) is 0.571. The average Bonchev–Trinajstić information content (AvgIpc) is 2.89. The van der Waals surface area contributed by atoms with Gasteiger partial charge in [-0.1, -0.05) is 6.07 Å². The summed E-state index contributed by atoms with van der Waals surface area (Å²) >= 11 is 0. The zero-order valence-electron chi connectivity index (χ0n) is 12.0. The van der Waals surface area contributed by atoms with Crippen LogP contribution in [0.15, 0.2) is 29.2 Å². The highest BCUT2D eigenvalue weighted by atomic mass is 32.2. The van der Waals surface area contributed by atoms with Gasteiger partial charge in [0.15, 0.2) is 0 Å². The molecule has 0 spiro atoms. The molecule has 0 saturated carbocycles. The van der Waals surface area contributed by atoms with Crippen LogP contribution in [-0.4, -0.2) is 45.5 Å². The van der Waals surface area contributed by atoms with Crippen molar-refractivity contribution in [2.45, 2.75) is 30.7 Å². The van der Waals surface area contributed by atoms with E-state index in [0.29, 0.717) is 30.3 Å². The third-order valence-corrected chi connectivity index (χ3v) is 5.43. The summed E-state index contributed by atoms with van der Waals surface area (Å²) in [6, 6.07) is 6.78. The second kappa shape index (κ2) is 6.56. The number of hydrogen-bond acceptors (Lipinski definition) is 4. The van der Waals surface area contributed by atoms with Crippen molar-refractivity contribution in [1.82, 2.24) is 9.62 Å². The molecule has 0 aromatic heterocycles. The fourth-order valence-corrected chi connectivity index (χ4v) is 4.32. The molecule has 1 aliphatic heterocycles. The van der Waals surface area contributed by atoms with Gasteiger partial charge in [-0.05, 0) is 38.9 Å². The quantitative estimate of drug-likeness (QED) is 0.864. The third kappa shape index (κ3) is 3.13. The second-order valence-corrected chi connectivity index (χ2v) is 6.77. The van der Waals surface area contributed by atoms with Crippen molar-refractivity contribution in [2.75, 3.05) is 26.7 Å². The van der Waals surface area contributed by atoms with Gasteiger partial charge in [-0.2, -0.15) is 4.31 Å². The maximum absolute atomic E-state index is 12.7. The molecule has 20 heavy (non-hydrogen) atoms. The number of hydrogen-bond donors (Lipinski definition) is 1. The van der Waals surface area contributed by atoms with Crippen LogP contribution >= 0.6 is 0 Å². The smallest absolute Gasteiger partial charge is 0.243 e. The Morgan fingerprint density at radius 2 is 2.25 bits per heavy atom. The molecule has 0 radical (unpaired) electrons. The Morgan fingerprint density at radius 1 is 1.45 bits per heavy atom. The van der Waals surface area contributed by atoms with Gasteiger partial charge in [-0.3, -0.25) is 0 Å². The standard InChI is InChI=1S/C14H22N2O3S/c1-3-19-13-7-4-8-14(10-13)20(17,18)16-9-5-6-12(16)11-15-2/h4,7-8,10,12,15H,3,5-6,9,11H2,1-2H3. The molecule has 2 rings (SSSR count). The minimum atomic E-state index is -3.44. The average molecular weight is 298 g/mol. The van der Waals surface area contributed by atoms with Crippen LogP contribution in [0.3, 0.4) is 0 Å². The molecule has 1 aliphatic rings. The van der Waals surface area contributed by atoms with E-state index in [9.17, 15) is 8.42 Å². The van der Waals surface area contributed by atoms with Gasteiger partial charge in [0.25, 0.3) is 0 Å². The van der Waals surface area contributed by atoms with Gasteiger partial charge in [0.1, 0.15) is 5.75 Å². The lowest BCUT2D eigenvalue weighted by molar-refractivity contribution is 0.338. The fourth-order valence-electron chi connectivity index (χ4n) is 2.59. The maximum atomic E-state index is 12.7. The van der Waals surface area contributed by atoms with Crippen molar-refractivity contribution in [3.63, 3.8) is 0 Å². The van der Waals surface area contributed by atoms with Crippen molar-refractivity contribution < 1.29 is 13.2 Å². The van der Waals surface area contributed by atoms with Gasteiger partial charge in [0.2, 0.25) is 10.0 Å². The first-order chi connectivity index (χ1) is 9.59. The number of nitrogens with zero attached hydrogens (tertiary/aromatic N) is 1. The number of rotatable bonds is 6. The molecule has 1 atom stereocenters. The molecule has 1 fully saturated rings. The number of benzene rings is 1. The lowest BCUT2D eigenvalue weighted by atomic mass is 10.2. The van der Waals surface area contributed by atoms with E-state index in [-0.39, 0.29) is 6.04 Å². The Balaban J connectivity index is 2.27. The number of sulfonamides is 1. The summed E-state index contributed by atoms with van der Waals surface area (Å²) in [5, 5.41) is 3.06. The first-order valence-electron chi connectivity index (χ1n) is 6.99. The Labute approximate surface area is 121 Å². The summed E-state index contributed by atoms with van der Waals surface area (Å²) in [7, 11) is -1.59. The molecule has 0 bridgehead atoms. The van der Waals surface area contributed by atoms with Crippen LogP contribution in [0.5, 0.6) is 5.75 Å². The number of nitrogens with one attached hydrogen (secondary N) is 1. The summed E-state index contributed by atoms with van der Waals surface area (Å²) in [6.45, 7) is 3.68. The predicted octanol–water partition coefficient (Wildman–Crippen LogP) is 1.46. The topological polar surface area (TPSA) is 58.6 Å². The highest BCUT2D eigenvalue weighted by molar-refractivity contribution is 7.89. The van der Waals surface area contributed by atoms with Crippen molar-refractivity contribution in [3.8, 4) is 5.75 Å². The first-order valence-corrected chi connectivity index (χ1v) is 8.43. The van der Waals surface area contributed by atoms with Crippen LogP contribution < -0.4 is 10.1 Å². The Kier molecular flexibility index (Phi) is 5.01. The Hall–Kier alpha value is -1.11. The molecule has 0 aliphatic carbocycles. The molecule has 1 saturated heterocycles. The third-order valence-electron chi connectivity index (χ3n) is 3.49. The lowest BCUT2D eigenvalue weighted by Gasteiger charge is -2.24. The minimum absolute atomic E-state index is 0.0424. The highest BCUT2D eigenvalue weighted by Gasteiger charge is 2.34. The Bertz CT molecular complexity index is 545. The van der Waals surface area contributed by atoms with Crippen LogP contribution in [-0.2, 0) is 10.0 Å². The van der Waals surface area contributed by atoms with Gasteiger partial charge in [-0.15, -0.1) is 0 Å². The van der Waals surface area contributed by atoms with Gasteiger partial charge in [-0.25, -0.2) is 8.42 Å². The molecular formula is C14H22N2O3S. The molecule has 1 aromatic rings. The van der Waals surface area contributed by atoms with E-state index in [1.165, 1.54) is 0 Å². The van der Waals surface area contributed by atoms with E-state index in [2.05, 4.69) is 5.32 Å². The van der Waals surface area contributed by atoms with E-state index in [0.717, 1.165) is 12.8 Å². The maximum Gasteiger partial charge on any atom is 0.243 e. The van der Waals surface area contributed by atoms with Crippen molar-refractivity contribution >= 4 is 10.0 Å². The summed E-state index contributed by atoms with van der Waals surface area (Å²) in [5.74, 6) is 0.595. The SMILES string of the molecule is CCOc1cccc(S(=O)(=O)N2CCCC2CNC)c1. The van der Waals surface area contributed by atoms with Crippen LogP contribution in [0.4, 0.5) is 0 Å². The van der Waals surface area contributed by atoms with E-state index in [4.69, 9.17) is 4.74 Å². The van der Waals surface area contributed by atoms with Crippen molar-refractivity contribution in [3.05, 3.63) is 24.3 Å². The van der Waals surface area contributed by atoms with Crippen LogP contribution in [0.25, 0.3) is 0 Å². The molecule has 6 heteroatoms. The van der Waals surface area contributed by atoms with Crippen LogP contribution in [0.1, 0.15) is 19.8 Å². The van der Waals surface area contributed by atoms with Crippen LogP contribution in [0.2, 0.25) is 0 Å². The second-order valence-electron chi connectivity index (χ2n) is 4.88. The molecule has 1 unspecified atom stereocenters. The normalized spacial score (nSPS) is 20.2. The molecule has 5 nitrogen and oxygen atoms in total. The zero-order chi connectivity index (χ0) is 14.6. The van der Waals surface area contributed by atoms with Crippen LogP contribution in [0, 0.1) is 0 Å². The number of ether oxygens (including phenoxy) is 1. The monoisotopic (exact) mass is 298 g/mol. The lowest BCUT2D eigenvalue weighted by Crippen LogP contribution is -2.40. The summed E-state index contributed by atoms with van der Waals surface area (Å²) in [4.78, 5) is 0.312. The van der Waals surface area contributed by atoms with E-state index < -0.39 is 10.0 Å². The van der Waals surface area contributed by atoms with Crippen molar-refractivity contribution in [1.29, 1.82) is 0 Å². The van der Waals surface area contributed by atoms with E-state index in [1.807, 2.05) is 14.0 Å². The summed E-state index contributed by atoms with van der Waals surface area (Å²) in [5.41, 5.74) is 0. The van der Waals surface area contributed by atoms with Gasteiger partial charge in [0.05, 0.1) is 11.5 Å². The first kappa shape index (κ1) is 15.3. The summed E-state index contributed by atoms with van der Waals surface area (Å²) in [6.07, 6.45) is 1.82. The molecular weight excluding hydrogens is 276 g/mol. The van der Waals surface area contributed by atoms with E-state index >= 15 is 0 Å². The van der Waals surface area contributed by atoms with Crippen molar-refractivity contribution in [2.24, 2.45) is 0 Å². The Morgan fingerprint density at radius 3 is 2.95 bits per heavy atom. The largest absolute Gasteiger partial charge is 0.494 e. The minimum Gasteiger partial charge on any atom is -0.494 e. The molecule has 1 aromatic carbocycles. The summed E-state index contributed by atoms with van der Waals surface area (Å²) < 4.78 is 32.4. The molecule has 1 N–H and O–H groups in total.